The molecule has 1 aromatic rings. The van der Waals surface area contributed by atoms with Crippen LogP contribution in [0.3, 0.4) is 0 Å². The highest BCUT2D eigenvalue weighted by Gasteiger charge is 2.17. The van der Waals surface area contributed by atoms with Crippen molar-refractivity contribution in [1.29, 1.82) is 0 Å². The SMILES string of the molecule is [N-]=[N+]=NCC1CCC(c2ccc(F)cc2)=N1. The minimum atomic E-state index is -0.243. The van der Waals surface area contributed by atoms with Crippen molar-refractivity contribution in [1.82, 2.24) is 0 Å². The third kappa shape index (κ3) is 2.38. The van der Waals surface area contributed by atoms with Crippen molar-refractivity contribution in [3.63, 3.8) is 0 Å². The maximum atomic E-state index is 12.7. The van der Waals surface area contributed by atoms with E-state index in [-0.39, 0.29) is 11.9 Å². The Morgan fingerprint density at radius 2 is 2.19 bits per heavy atom. The number of halogens is 1. The zero-order valence-electron chi connectivity index (χ0n) is 8.67. The van der Waals surface area contributed by atoms with Gasteiger partial charge in [0.1, 0.15) is 5.82 Å². The van der Waals surface area contributed by atoms with Gasteiger partial charge < -0.3 is 0 Å². The summed E-state index contributed by atoms with van der Waals surface area (Å²) in [7, 11) is 0. The van der Waals surface area contributed by atoms with Crippen LogP contribution in [0.5, 0.6) is 0 Å². The van der Waals surface area contributed by atoms with Crippen molar-refractivity contribution in [2.45, 2.75) is 18.9 Å². The van der Waals surface area contributed by atoms with E-state index in [1.54, 1.807) is 12.1 Å². The molecule has 0 N–H and O–H groups in total. The molecule has 0 aliphatic carbocycles. The standard InChI is InChI=1S/C11H11FN4/c12-9-3-1-8(2-4-9)11-6-5-10(15-11)7-14-16-13/h1-4,10H,5-7H2. The van der Waals surface area contributed by atoms with Crippen LogP contribution in [0.25, 0.3) is 10.4 Å². The topological polar surface area (TPSA) is 61.1 Å². The lowest BCUT2D eigenvalue weighted by Gasteiger charge is -1.99. The number of azide groups is 1. The van der Waals surface area contributed by atoms with Gasteiger partial charge in [-0.05, 0) is 36.1 Å². The first-order chi connectivity index (χ1) is 7.79. The molecular formula is C11H11FN4. The second-order valence-corrected chi connectivity index (χ2v) is 3.69. The third-order valence-corrected chi connectivity index (χ3v) is 2.59. The second kappa shape index (κ2) is 4.77. The Hall–Kier alpha value is -1.87. The molecule has 16 heavy (non-hydrogen) atoms. The molecule has 1 aliphatic rings. The Bertz CT molecular complexity index is 446. The van der Waals surface area contributed by atoms with Gasteiger partial charge in [0.05, 0.1) is 6.04 Å². The summed E-state index contributed by atoms with van der Waals surface area (Å²) >= 11 is 0. The maximum Gasteiger partial charge on any atom is 0.123 e. The van der Waals surface area contributed by atoms with Gasteiger partial charge in [0, 0.05) is 17.2 Å². The van der Waals surface area contributed by atoms with Crippen LogP contribution in [-0.4, -0.2) is 18.3 Å². The Morgan fingerprint density at radius 3 is 2.88 bits per heavy atom. The summed E-state index contributed by atoms with van der Waals surface area (Å²) in [6, 6.07) is 6.39. The van der Waals surface area contributed by atoms with Gasteiger partial charge in [0.15, 0.2) is 0 Å². The van der Waals surface area contributed by atoms with Crippen LogP contribution >= 0.6 is 0 Å². The number of nitrogens with zero attached hydrogens (tertiary/aromatic N) is 4. The first kappa shape index (κ1) is 10.6. The summed E-state index contributed by atoms with van der Waals surface area (Å²) in [4.78, 5) is 7.17. The molecule has 2 rings (SSSR count). The fraction of sp³-hybridized carbons (Fsp3) is 0.364. The summed E-state index contributed by atoms with van der Waals surface area (Å²) < 4.78 is 12.7. The predicted molar refractivity (Wildman–Crippen MR) is 60.0 cm³/mol. The lowest BCUT2D eigenvalue weighted by atomic mass is 10.1. The summed E-state index contributed by atoms with van der Waals surface area (Å²) in [6.45, 7) is 0.404. The zero-order valence-corrected chi connectivity index (χ0v) is 8.67. The van der Waals surface area contributed by atoms with Crippen molar-refractivity contribution in [2.24, 2.45) is 10.1 Å². The summed E-state index contributed by atoms with van der Waals surface area (Å²) in [5.74, 6) is -0.243. The fourth-order valence-corrected chi connectivity index (χ4v) is 1.78. The third-order valence-electron chi connectivity index (χ3n) is 2.59. The minimum absolute atomic E-state index is 0.0796. The lowest BCUT2D eigenvalue weighted by molar-refractivity contribution is 0.628. The van der Waals surface area contributed by atoms with Crippen LogP contribution in [0.2, 0.25) is 0 Å². The van der Waals surface area contributed by atoms with Gasteiger partial charge in [-0.25, -0.2) is 4.39 Å². The minimum Gasteiger partial charge on any atom is -0.286 e. The van der Waals surface area contributed by atoms with Gasteiger partial charge >= 0.3 is 0 Å². The highest BCUT2D eigenvalue weighted by molar-refractivity contribution is 6.01. The van der Waals surface area contributed by atoms with Gasteiger partial charge in [-0.1, -0.05) is 17.2 Å². The van der Waals surface area contributed by atoms with E-state index in [0.29, 0.717) is 6.54 Å². The molecule has 0 saturated carbocycles. The van der Waals surface area contributed by atoms with E-state index in [1.165, 1.54) is 12.1 Å². The number of aliphatic imine (C=N–C) groups is 1. The van der Waals surface area contributed by atoms with Gasteiger partial charge in [0.25, 0.3) is 0 Å². The molecule has 0 saturated heterocycles. The fourth-order valence-electron chi connectivity index (χ4n) is 1.78. The van der Waals surface area contributed by atoms with Crippen molar-refractivity contribution in [3.05, 3.63) is 46.1 Å². The van der Waals surface area contributed by atoms with E-state index in [0.717, 1.165) is 24.1 Å². The van der Waals surface area contributed by atoms with Gasteiger partial charge in [-0.15, -0.1) is 0 Å². The normalized spacial score (nSPS) is 19.1. The van der Waals surface area contributed by atoms with Crippen molar-refractivity contribution < 1.29 is 4.39 Å². The van der Waals surface area contributed by atoms with Crippen molar-refractivity contribution in [3.8, 4) is 0 Å². The average Bonchev–Trinajstić information content (AvgIpc) is 2.76. The van der Waals surface area contributed by atoms with E-state index in [9.17, 15) is 4.39 Å². The summed E-state index contributed by atoms with van der Waals surface area (Å²) in [6.07, 6.45) is 1.75. The quantitative estimate of drug-likeness (QED) is 0.425. The molecule has 1 atom stereocenters. The number of hydrogen-bond donors (Lipinski definition) is 0. The monoisotopic (exact) mass is 218 g/mol. The molecule has 1 heterocycles. The highest BCUT2D eigenvalue weighted by Crippen LogP contribution is 2.19. The predicted octanol–water partition coefficient (Wildman–Crippen LogP) is 3.09. The highest BCUT2D eigenvalue weighted by atomic mass is 19.1. The van der Waals surface area contributed by atoms with Crippen molar-refractivity contribution >= 4 is 5.71 Å². The van der Waals surface area contributed by atoms with Crippen LogP contribution < -0.4 is 0 Å². The van der Waals surface area contributed by atoms with E-state index in [1.807, 2.05) is 0 Å². The van der Waals surface area contributed by atoms with Crippen LogP contribution in [0, 0.1) is 5.82 Å². The molecule has 0 amide bonds. The van der Waals surface area contributed by atoms with Gasteiger partial charge in [0.2, 0.25) is 0 Å². The molecule has 0 fully saturated rings. The molecule has 0 radical (unpaired) electrons. The van der Waals surface area contributed by atoms with Crippen LogP contribution in [0.15, 0.2) is 34.4 Å². The van der Waals surface area contributed by atoms with E-state index in [4.69, 9.17) is 5.53 Å². The summed E-state index contributed by atoms with van der Waals surface area (Å²) in [5.41, 5.74) is 10.1. The molecule has 0 spiro atoms. The molecule has 82 valence electrons. The van der Waals surface area contributed by atoms with Crippen LogP contribution in [-0.2, 0) is 0 Å². The molecule has 4 nitrogen and oxygen atoms in total. The molecule has 0 aromatic heterocycles. The van der Waals surface area contributed by atoms with Gasteiger partial charge in [-0.2, -0.15) is 0 Å². The number of rotatable bonds is 3. The Kier molecular flexibility index (Phi) is 3.17. The lowest BCUT2D eigenvalue weighted by Crippen LogP contribution is -2.02. The Labute approximate surface area is 92.4 Å². The zero-order chi connectivity index (χ0) is 11.4. The molecule has 5 heteroatoms. The Balaban J connectivity index is 2.11. The molecule has 1 aliphatic heterocycles. The van der Waals surface area contributed by atoms with E-state index < -0.39 is 0 Å². The smallest absolute Gasteiger partial charge is 0.123 e. The van der Waals surface area contributed by atoms with Gasteiger partial charge in [-0.3, -0.25) is 4.99 Å². The van der Waals surface area contributed by atoms with Crippen LogP contribution in [0.1, 0.15) is 18.4 Å². The molecule has 0 bridgehead atoms. The Morgan fingerprint density at radius 1 is 1.44 bits per heavy atom. The largest absolute Gasteiger partial charge is 0.286 e. The first-order valence-corrected chi connectivity index (χ1v) is 5.13. The van der Waals surface area contributed by atoms with Crippen LogP contribution in [0.4, 0.5) is 4.39 Å². The molecule has 1 unspecified atom stereocenters. The number of benzene rings is 1. The van der Waals surface area contributed by atoms with Crippen molar-refractivity contribution in [2.75, 3.05) is 6.54 Å². The van der Waals surface area contributed by atoms with E-state index in [2.05, 4.69) is 15.0 Å². The number of hydrogen-bond acceptors (Lipinski definition) is 2. The summed E-state index contributed by atoms with van der Waals surface area (Å²) in [5, 5.41) is 3.51. The first-order valence-electron chi connectivity index (χ1n) is 5.13. The van der Waals surface area contributed by atoms with E-state index >= 15 is 0 Å². The average molecular weight is 218 g/mol. The second-order valence-electron chi connectivity index (χ2n) is 3.69. The molecule has 1 aromatic carbocycles. The maximum absolute atomic E-state index is 12.7. The molecular weight excluding hydrogens is 207 g/mol.